The minimum absolute atomic E-state index is 0.0719. The highest BCUT2D eigenvalue weighted by Gasteiger charge is 2.45. The number of nitrogens with zero attached hydrogens (tertiary/aromatic N) is 2. The van der Waals surface area contributed by atoms with Gasteiger partial charge in [-0.2, -0.15) is 4.98 Å². The lowest BCUT2D eigenvalue weighted by molar-refractivity contribution is -0.118. The van der Waals surface area contributed by atoms with Crippen LogP contribution in [0.2, 0.25) is 0 Å². The van der Waals surface area contributed by atoms with E-state index in [0.717, 1.165) is 4.57 Å². The van der Waals surface area contributed by atoms with Crippen molar-refractivity contribution in [3.8, 4) is 5.75 Å². The van der Waals surface area contributed by atoms with Crippen LogP contribution in [0.4, 0.5) is 5.82 Å². The number of anilines is 1. The molecule has 1 amide bonds. The molecule has 3 rings (SSSR count). The molecule has 14 heteroatoms. The van der Waals surface area contributed by atoms with Crippen LogP contribution in [-0.4, -0.2) is 67.0 Å². The molecular weight excluding hydrogens is 437 g/mol. The molecule has 168 valence electrons. The molecule has 2 aromatic rings. The monoisotopic (exact) mass is 457 g/mol. The van der Waals surface area contributed by atoms with E-state index in [1.54, 1.807) is 30.3 Å². The van der Waals surface area contributed by atoms with Crippen LogP contribution in [0.15, 0.2) is 47.4 Å². The summed E-state index contributed by atoms with van der Waals surface area (Å²) < 4.78 is 26.5. The Hall–Kier alpha value is -2.64. The van der Waals surface area contributed by atoms with Crippen LogP contribution in [-0.2, 0) is 18.6 Å². The van der Waals surface area contributed by atoms with E-state index in [9.17, 15) is 24.4 Å². The van der Waals surface area contributed by atoms with Crippen molar-refractivity contribution in [3.05, 3.63) is 53.1 Å². The molecule has 13 nitrogen and oxygen atoms in total. The number of aliphatic hydroxyl groups excluding tert-OH is 2. The lowest BCUT2D eigenvalue weighted by Gasteiger charge is -2.17. The molecule has 1 fully saturated rings. The smallest absolute Gasteiger partial charge is 0.469 e. The van der Waals surface area contributed by atoms with Gasteiger partial charge in [-0.25, -0.2) is 9.36 Å². The molecule has 4 atom stereocenters. The second kappa shape index (κ2) is 9.66. The Bertz CT molecular complexity index is 1010. The number of phosphoric ester groups is 1. The summed E-state index contributed by atoms with van der Waals surface area (Å²) in [4.78, 5) is 45.4. The number of hydrogen-bond acceptors (Lipinski definition) is 9. The first-order chi connectivity index (χ1) is 14.6. The Labute approximate surface area is 175 Å². The summed E-state index contributed by atoms with van der Waals surface area (Å²) in [6.07, 6.45) is -4.67. The number of carbonyl (C=O) groups is 1. The number of ether oxygens (including phenoxy) is 2. The van der Waals surface area contributed by atoms with Crippen molar-refractivity contribution < 1.29 is 43.4 Å². The van der Waals surface area contributed by atoms with Gasteiger partial charge in [0.25, 0.3) is 5.91 Å². The van der Waals surface area contributed by atoms with Crippen molar-refractivity contribution in [1.29, 1.82) is 0 Å². The maximum Gasteiger partial charge on any atom is 0.469 e. The fraction of sp³-hybridized carbons (Fsp3) is 0.353. The van der Waals surface area contributed by atoms with Crippen LogP contribution in [0.1, 0.15) is 6.23 Å². The second-order valence-corrected chi connectivity index (χ2v) is 7.72. The van der Waals surface area contributed by atoms with Crippen molar-refractivity contribution >= 4 is 19.5 Å². The molecule has 0 saturated carbocycles. The minimum Gasteiger partial charge on any atom is -0.484 e. The van der Waals surface area contributed by atoms with Gasteiger partial charge in [0.15, 0.2) is 12.8 Å². The Morgan fingerprint density at radius 2 is 1.90 bits per heavy atom. The molecule has 0 spiro atoms. The van der Waals surface area contributed by atoms with E-state index < -0.39 is 50.6 Å². The predicted octanol–water partition coefficient (Wildman–Crippen LogP) is -1.01. The van der Waals surface area contributed by atoms with E-state index in [2.05, 4.69) is 14.8 Å². The van der Waals surface area contributed by atoms with Gasteiger partial charge in [-0.3, -0.25) is 13.9 Å². The largest absolute Gasteiger partial charge is 0.484 e. The van der Waals surface area contributed by atoms with Crippen molar-refractivity contribution in [2.45, 2.75) is 24.5 Å². The highest BCUT2D eigenvalue weighted by molar-refractivity contribution is 7.46. The highest BCUT2D eigenvalue weighted by atomic mass is 31.2. The van der Waals surface area contributed by atoms with Crippen molar-refractivity contribution in [3.63, 3.8) is 0 Å². The van der Waals surface area contributed by atoms with E-state index in [0.29, 0.717) is 5.75 Å². The fourth-order valence-electron chi connectivity index (χ4n) is 2.79. The maximum absolute atomic E-state index is 12.3. The Balaban J connectivity index is 1.61. The van der Waals surface area contributed by atoms with Crippen LogP contribution in [0, 0.1) is 0 Å². The number of para-hydroxylation sites is 1. The van der Waals surface area contributed by atoms with Gasteiger partial charge in [-0.15, -0.1) is 0 Å². The van der Waals surface area contributed by atoms with Gasteiger partial charge in [0.05, 0.1) is 6.61 Å². The molecule has 1 aromatic carbocycles. The van der Waals surface area contributed by atoms with E-state index >= 15 is 0 Å². The zero-order chi connectivity index (χ0) is 22.6. The average molecular weight is 457 g/mol. The molecule has 1 aliphatic heterocycles. The van der Waals surface area contributed by atoms with Crippen LogP contribution in [0.25, 0.3) is 0 Å². The molecule has 0 bridgehead atoms. The average Bonchev–Trinajstić information content (AvgIpc) is 2.99. The predicted molar refractivity (Wildman–Crippen MR) is 103 cm³/mol. The molecule has 4 unspecified atom stereocenters. The number of benzene rings is 1. The van der Waals surface area contributed by atoms with Crippen LogP contribution >= 0.6 is 7.82 Å². The maximum atomic E-state index is 12.3. The van der Waals surface area contributed by atoms with E-state index in [4.69, 9.17) is 19.3 Å². The lowest BCUT2D eigenvalue weighted by atomic mass is 10.1. The summed E-state index contributed by atoms with van der Waals surface area (Å²) in [7, 11) is -4.82. The summed E-state index contributed by atoms with van der Waals surface area (Å²) >= 11 is 0. The number of phosphoric acid groups is 1. The molecular formula is C17H20N3O10P. The Morgan fingerprint density at radius 1 is 1.19 bits per heavy atom. The molecule has 0 radical (unpaired) electrons. The van der Waals surface area contributed by atoms with E-state index in [1.807, 2.05) is 0 Å². The number of aromatic nitrogens is 2. The Morgan fingerprint density at radius 3 is 2.55 bits per heavy atom. The summed E-state index contributed by atoms with van der Waals surface area (Å²) in [5.41, 5.74) is -0.908. The van der Waals surface area contributed by atoms with Gasteiger partial charge in [0, 0.05) is 6.20 Å². The summed E-state index contributed by atoms with van der Waals surface area (Å²) in [6, 6.07) is 9.90. The summed E-state index contributed by atoms with van der Waals surface area (Å²) in [6.45, 7) is -1.02. The third-order valence-electron chi connectivity index (χ3n) is 4.23. The van der Waals surface area contributed by atoms with Crippen LogP contribution in [0.5, 0.6) is 5.75 Å². The van der Waals surface area contributed by atoms with Gasteiger partial charge >= 0.3 is 13.5 Å². The van der Waals surface area contributed by atoms with Crippen molar-refractivity contribution in [1.82, 2.24) is 9.55 Å². The first-order valence-electron chi connectivity index (χ1n) is 8.92. The zero-order valence-corrected chi connectivity index (χ0v) is 16.7. The molecule has 5 N–H and O–H groups in total. The standard InChI is InChI=1S/C17H20N3O10P/c21-13(9-28-10-4-2-1-3-5-10)18-12-6-7-20(17(24)19-12)16-15(23)14(22)11(30-16)8-29-31(25,26)27/h1-7,11,14-16,22-23H,8-9H2,(H2,25,26,27)(H,18,19,21,24). The molecule has 1 aliphatic rings. The van der Waals surface area contributed by atoms with Gasteiger partial charge in [0.1, 0.15) is 29.9 Å². The number of aliphatic hydroxyl groups is 2. The summed E-state index contributed by atoms with van der Waals surface area (Å²) in [5, 5.41) is 22.5. The second-order valence-electron chi connectivity index (χ2n) is 6.49. The molecule has 2 heterocycles. The van der Waals surface area contributed by atoms with Gasteiger partial charge in [-0.1, -0.05) is 18.2 Å². The molecule has 1 aromatic heterocycles. The first-order valence-corrected chi connectivity index (χ1v) is 10.5. The number of amides is 1. The van der Waals surface area contributed by atoms with Gasteiger partial charge < -0.3 is 34.8 Å². The summed E-state index contributed by atoms with van der Waals surface area (Å²) in [5.74, 6) is -0.141. The normalized spacial score (nSPS) is 23.5. The number of hydrogen-bond donors (Lipinski definition) is 5. The molecule has 31 heavy (non-hydrogen) atoms. The highest BCUT2D eigenvalue weighted by Crippen LogP contribution is 2.38. The van der Waals surface area contributed by atoms with Crippen LogP contribution in [0.3, 0.4) is 0 Å². The SMILES string of the molecule is O=C(COc1ccccc1)Nc1ccn(C2OC(COP(=O)(O)O)C(O)C2O)c(=O)n1. The van der Waals surface area contributed by atoms with E-state index in [-0.39, 0.29) is 12.4 Å². The van der Waals surface area contributed by atoms with Gasteiger partial charge in [0.2, 0.25) is 0 Å². The number of carbonyl (C=O) groups excluding carboxylic acids is 1. The lowest BCUT2D eigenvalue weighted by Crippen LogP contribution is -2.36. The zero-order valence-electron chi connectivity index (χ0n) is 15.8. The van der Waals surface area contributed by atoms with Gasteiger partial charge in [-0.05, 0) is 18.2 Å². The first kappa shape index (κ1) is 23.0. The third-order valence-corrected chi connectivity index (χ3v) is 4.71. The molecule has 1 saturated heterocycles. The number of rotatable bonds is 8. The third kappa shape index (κ3) is 6.18. The quantitative estimate of drug-likeness (QED) is 0.305. The van der Waals surface area contributed by atoms with Crippen molar-refractivity contribution in [2.75, 3.05) is 18.5 Å². The van der Waals surface area contributed by atoms with Crippen molar-refractivity contribution in [2.24, 2.45) is 0 Å². The Kier molecular flexibility index (Phi) is 7.18. The topological polar surface area (TPSA) is 190 Å². The van der Waals surface area contributed by atoms with Crippen LogP contribution < -0.4 is 15.7 Å². The fourth-order valence-corrected chi connectivity index (χ4v) is 3.13. The minimum atomic E-state index is -4.82. The van der Waals surface area contributed by atoms with E-state index in [1.165, 1.54) is 12.3 Å². The number of nitrogens with one attached hydrogen (secondary N) is 1. The molecule has 0 aliphatic carbocycles.